The van der Waals surface area contributed by atoms with Crippen LogP contribution in [0, 0.1) is 6.92 Å². The Bertz CT molecular complexity index is 789. The molecule has 26 heavy (non-hydrogen) atoms. The zero-order valence-corrected chi connectivity index (χ0v) is 15.8. The second kappa shape index (κ2) is 9.64. The third-order valence-corrected chi connectivity index (χ3v) is 4.04. The number of aldehydes is 1. The highest BCUT2D eigenvalue weighted by atomic mass is 35.5. The summed E-state index contributed by atoms with van der Waals surface area (Å²) in [7, 11) is 0. The van der Waals surface area contributed by atoms with Gasteiger partial charge in [-0.25, -0.2) is 0 Å². The van der Waals surface area contributed by atoms with Gasteiger partial charge in [0.25, 0.3) is 0 Å². The Morgan fingerprint density at radius 1 is 1.12 bits per heavy atom. The van der Waals surface area contributed by atoms with Crippen LogP contribution in [0.15, 0.2) is 47.6 Å². The van der Waals surface area contributed by atoms with E-state index in [4.69, 9.17) is 23.2 Å². The van der Waals surface area contributed by atoms with Crippen LogP contribution < -0.4 is 4.74 Å². The van der Waals surface area contributed by atoms with Gasteiger partial charge in [-0.1, -0.05) is 59.2 Å². The quantitative estimate of drug-likeness (QED) is 0.294. The number of hydrogen-bond acceptors (Lipinski definition) is 2. The van der Waals surface area contributed by atoms with E-state index in [2.05, 4.69) is 4.74 Å². The number of alkyl halides is 3. The minimum Gasteiger partial charge on any atom is -0.405 e. The van der Waals surface area contributed by atoms with Gasteiger partial charge in [-0.05, 0) is 32.4 Å². The molecule has 2 nitrogen and oxygen atoms in total. The summed E-state index contributed by atoms with van der Waals surface area (Å²) in [6.45, 7) is 5.04. The van der Waals surface area contributed by atoms with Gasteiger partial charge < -0.3 is 4.74 Å². The first-order valence-corrected chi connectivity index (χ1v) is 8.20. The summed E-state index contributed by atoms with van der Waals surface area (Å²) in [5, 5.41) is 0.130. The molecule has 0 aliphatic heterocycles. The van der Waals surface area contributed by atoms with Crippen LogP contribution in [0.3, 0.4) is 0 Å². The van der Waals surface area contributed by atoms with Gasteiger partial charge in [0.1, 0.15) is 12.0 Å². The van der Waals surface area contributed by atoms with Gasteiger partial charge in [-0.15, -0.1) is 13.2 Å². The average molecular weight is 405 g/mol. The molecule has 0 saturated heterocycles. The van der Waals surface area contributed by atoms with Crippen LogP contribution in [-0.2, 0) is 4.79 Å². The number of carbonyl (C=O) groups is 1. The Kier molecular flexibility index (Phi) is 8.18. The first-order valence-electron chi connectivity index (χ1n) is 7.44. The fourth-order valence-corrected chi connectivity index (χ4v) is 2.45. The Hall–Kier alpha value is -1.98. The van der Waals surface area contributed by atoms with Gasteiger partial charge in [0.2, 0.25) is 0 Å². The lowest BCUT2D eigenvalue weighted by Crippen LogP contribution is -2.18. The SMILES string of the molecule is CC(/C=C/C=C(C)/C=C/c1c(Cl)cc(OC(F)(F)F)c(C)c1Cl)=C\C=O. The minimum atomic E-state index is -4.82. The molecule has 0 radical (unpaired) electrons. The maximum Gasteiger partial charge on any atom is 0.573 e. The number of allylic oxidation sites excluding steroid dienone is 7. The van der Waals surface area contributed by atoms with Crippen molar-refractivity contribution >= 4 is 35.6 Å². The molecule has 140 valence electrons. The first kappa shape index (κ1) is 22.1. The van der Waals surface area contributed by atoms with E-state index in [1.165, 1.54) is 13.0 Å². The standard InChI is InChI=1S/C19H17Cl2F3O2/c1-12(5-4-6-13(2)9-10-25)7-8-15-16(20)11-17(14(3)18(15)21)26-19(22,23)24/h4-11H,1-3H3/b6-4+,8-7+,12-5+,13-9+. The van der Waals surface area contributed by atoms with E-state index in [0.717, 1.165) is 17.2 Å². The van der Waals surface area contributed by atoms with E-state index in [1.807, 2.05) is 6.92 Å². The summed E-state index contributed by atoms with van der Waals surface area (Å²) in [4.78, 5) is 10.3. The van der Waals surface area contributed by atoms with Crippen LogP contribution in [0.2, 0.25) is 10.0 Å². The lowest BCUT2D eigenvalue weighted by molar-refractivity contribution is -0.274. The molecule has 0 N–H and O–H groups in total. The van der Waals surface area contributed by atoms with E-state index >= 15 is 0 Å². The second-order valence-electron chi connectivity index (χ2n) is 5.41. The van der Waals surface area contributed by atoms with Crippen LogP contribution in [0.5, 0.6) is 5.75 Å². The molecule has 0 fully saturated rings. The van der Waals surface area contributed by atoms with Crippen molar-refractivity contribution < 1.29 is 22.7 Å². The predicted molar refractivity (Wildman–Crippen MR) is 99.6 cm³/mol. The lowest BCUT2D eigenvalue weighted by atomic mass is 10.1. The van der Waals surface area contributed by atoms with E-state index in [-0.39, 0.29) is 15.6 Å². The average Bonchev–Trinajstić information content (AvgIpc) is 2.51. The van der Waals surface area contributed by atoms with E-state index in [1.54, 1.807) is 37.3 Å². The number of carbonyl (C=O) groups excluding carboxylic acids is 1. The Labute approximate surface area is 160 Å². The molecule has 0 aromatic heterocycles. The van der Waals surface area contributed by atoms with Crippen LogP contribution in [-0.4, -0.2) is 12.6 Å². The predicted octanol–water partition coefficient (Wildman–Crippen LogP) is 6.86. The lowest BCUT2D eigenvalue weighted by Gasteiger charge is -2.14. The van der Waals surface area contributed by atoms with Gasteiger partial charge in [-0.3, -0.25) is 4.79 Å². The van der Waals surface area contributed by atoms with Gasteiger partial charge in [0.05, 0.1) is 10.0 Å². The fraction of sp³-hybridized carbons (Fsp3) is 0.211. The molecule has 0 aliphatic carbocycles. The molecule has 0 unspecified atom stereocenters. The van der Waals surface area contributed by atoms with Crippen molar-refractivity contribution in [2.75, 3.05) is 0 Å². The van der Waals surface area contributed by atoms with Gasteiger partial charge >= 0.3 is 6.36 Å². The highest BCUT2D eigenvalue weighted by Gasteiger charge is 2.32. The zero-order valence-electron chi connectivity index (χ0n) is 14.3. The third-order valence-electron chi connectivity index (χ3n) is 3.24. The van der Waals surface area contributed by atoms with Crippen LogP contribution in [0.1, 0.15) is 25.0 Å². The first-order chi connectivity index (χ1) is 12.0. The minimum absolute atomic E-state index is 0.0456. The smallest absolute Gasteiger partial charge is 0.405 e. The maximum atomic E-state index is 12.4. The van der Waals surface area contributed by atoms with Gasteiger partial charge in [0.15, 0.2) is 0 Å². The summed E-state index contributed by atoms with van der Waals surface area (Å²) in [5.41, 5.74) is 2.19. The third kappa shape index (κ3) is 7.10. The molecular weight excluding hydrogens is 388 g/mol. The van der Waals surface area contributed by atoms with Crippen molar-refractivity contribution in [2.24, 2.45) is 0 Å². The highest BCUT2D eigenvalue weighted by molar-refractivity contribution is 6.38. The number of hydrogen-bond donors (Lipinski definition) is 0. The van der Waals surface area contributed by atoms with Crippen LogP contribution in [0.25, 0.3) is 6.08 Å². The van der Waals surface area contributed by atoms with Crippen molar-refractivity contribution in [3.63, 3.8) is 0 Å². The topological polar surface area (TPSA) is 26.3 Å². The molecule has 0 heterocycles. The molecular formula is C19H17Cl2F3O2. The van der Waals surface area contributed by atoms with Crippen LogP contribution in [0.4, 0.5) is 13.2 Å². The molecule has 0 spiro atoms. The van der Waals surface area contributed by atoms with E-state index in [9.17, 15) is 18.0 Å². The van der Waals surface area contributed by atoms with Crippen molar-refractivity contribution in [3.8, 4) is 5.75 Å². The summed E-state index contributed by atoms with van der Waals surface area (Å²) in [6, 6.07) is 1.09. The Morgan fingerprint density at radius 3 is 2.31 bits per heavy atom. The molecule has 1 rings (SSSR count). The normalized spacial score (nSPS) is 13.7. The van der Waals surface area contributed by atoms with Gasteiger partial charge in [-0.2, -0.15) is 0 Å². The molecule has 1 aromatic rings. The fourth-order valence-electron chi connectivity index (χ4n) is 1.88. The monoisotopic (exact) mass is 404 g/mol. The highest BCUT2D eigenvalue weighted by Crippen LogP contribution is 2.38. The number of halogens is 5. The summed E-state index contributed by atoms with van der Waals surface area (Å²) < 4.78 is 41.1. The largest absolute Gasteiger partial charge is 0.573 e. The maximum absolute atomic E-state index is 12.4. The van der Waals surface area contributed by atoms with Crippen molar-refractivity contribution in [2.45, 2.75) is 27.1 Å². The van der Waals surface area contributed by atoms with E-state index < -0.39 is 12.1 Å². The summed E-state index contributed by atoms with van der Waals surface area (Å²) in [6.07, 6.45) is 5.98. The number of ether oxygens (including phenoxy) is 1. The Balaban J connectivity index is 3.06. The molecule has 0 amide bonds. The van der Waals surface area contributed by atoms with E-state index in [0.29, 0.717) is 11.8 Å². The molecule has 7 heteroatoms. The molecule has 0 bridgehead atoms. The van der Waals surface area contributed by atoms with Crippen molar-refractivity contribution in [1.29, 1.82) is 0 Å². The molecule has 0 aliphatic rings. The number of rotatable bonds is 6. The second-order valence-corrected chi connectivity index (χ2v) is 6.19. The van der Waals surface area contributed by atoms with Crippen molar-refractivity contribution in [1.82, 2.24) is 0 Å². The zero-order chi connectivity index (χ0) is 19.9. The Morgan fingerprint density at radius 2 is 1.73 bits per heavy atom. The van der Waals surface area contributed by atoms with Gasteiger partial charge in [0, 0.05) is 17.2 Å². The van der Waals surface area contributed by atoms with Crippen molar-refractivity contribution in [3.05, 3.63) is 68.8 Å². The number of benzene rings is 1. The summed E-state index contributed by atoms with van der Waals surface area (Å²) in [5.74, 6) is -0.433. The molecule has 0 saturated carbocycles. The molecule has 1 aromatic carbocycles. The summed E-state index contributed by atoms with van der Waals surface area (Å²) >= 11 is 12.2. The molecule has 0 atom stereocenters. The van der Waals surface area contributed by atoms with Crippen LogP contribution >= 0.6 is 23.2 Å².